The molecule has 0 bridgehead atoms. The second-order valence-corrected chi connectivity index (χ2v) is 3.26. The van der Waals surface area contributed by atoms with E-state index in [1.165, 1.54) is 0 Å². The van der Waals surface area contributed by atoms with Crippen LogP contribution in [0.5, 0.6) is 0 Å². The summed E-state index contributed by atoms with van der Waals surface area (Å²) in [5.74, 6) is 0. The van der Waals surface area contributed by atoms with E-state index in [2.05, 4.69) is 13.0 Å². The van der Waals surface area contributed by atoms with E-state index in [4.69, 9.17) is 10.00 Å². The minimum atomic E-state index is 0.243. The predicted molar refractivity (Wildman–Crippen MR) is 38.4 cm³/mol. The second kappa shape index (κ2) is 3.03. The Morgan fingerprint density at radius 3 is 2.60 bits per heavy atom. The molecular weight excluding hydrogens is 126 g/mol. The molecule has 0 N–H and O–H groups in total. The quantitative estimate of drug-likeness (QED) is 0.554. The van der Waals surface area contributed by atoms with Crippen molar-refractivity contribution in [3.63, 3.8) is 0 Å². The fourth-order valence-corrected chi connectivity index (χ4v) is 1.23. The van der Waals surface area contributed by atoms with Gasteiger partial charge in [0, 0.05) is 19.6 Å². The third kappa shape index (κ3) is 1.71. The topological polar surface area (TPSA) is 33.0 Å². The third-order valence-electron chi connectivity index (χ3n) is 2.21. The Morgan fingerprint density at radius 1 is 1.50 bits per heavy atom. The van der Waals surface area contributed by atoms with Crippen LogP contribution in [0.15, 0.2) is 0 Å². The Balaban J connectivity index is 2.42. The lowest BCUT2D eigenvalue weighted by Gasteiger charge is -2.30. The zero-order valence-electron chi connectivity index (χ0n) is 6.39. The van der Waals surface area contributed by atoms with Crippen molar-refractivity contribution in [3.8, 4) is 6.07 Å². The number of hydrogen-bond acceptors (Lipinski definition) is 2. The molecule has 0 aliphatic carbocycles. The fraction of sp³-hybridized carbons (Fsp3) is 0.875. The van der Waals surface area contributed by atoms with Crippen molar-refractivity contribution in [2.75, 3.05) is 13.2 Å². The summed E-state index contributed by atoms with van der Waals surface area (Å²) >= 11 is 0. The predicted octanol–water partition coefficient (Wildman–Crippen LogP) is 1.72. The van der Waals surface area contributed by atoms with E-state index in [0.717, 1.165) is 26.1 Å². The standard InChI is InChI=1S/C8H13NO/c1-8(2-5-9)3-6-10-7-4-8/h2-4,6-7H2,1H3. The van der Waals surface area contributed by atoms with E-state index < -0.39 is 0 Å². The molecule has 2 heteroatoms. The summed E-state index contributed by atoms with van der Waals surface area (Å²) in [6.45, 7) is 3.83. The lowest BCUT2D eigenvalue weighted by atomic mass is 9.80. The van der Waals surface area contributed by atoms with Crippen LogP contribution in [0.2, 0.25) is 0 Å². The molecule has 0 spiro atoms. The van der Waals surface area contributed by atoms with E-state index in [9.17, 15) is 0 Å². The number of hydrogen-bond donors (Lipinski definition) is 0. The van der Waals surface area contributed by atoms with Crippen LogP contribution in [0, 0.1) is 16.7 Å². The summed E-state index contributed by atoms with van der Waals surface area (Å²) in [6, 6.07) is 2.22. The molecule has 0 aromatic heterocycles. The van der Waals surface area contributed by atoms with Gasteiger partial charge in [-0.1, -0.05) is 6.92 Å². The van der Waals surface area contributed by atoms with E-state index >= 15 is 0 Å². The highest BCUT2D eigenvalue weighted by atomic mass is 16.5. The minimum Gasteiger partial charge on any atom is -0.381 e. The van der Waals surface area contributed by atoms with Crippen molar-refractivity contribution < 1.29 is 4.74 Å². The van der Waals surface area contributed by atoms with Gasteiger partial charge in [0.1, 0.15) is 0 Å². The summed E-state index contributed by atoms with van der Waals surface area (Å²) < 4.78 is 5.20. The number of nitriles is 1. The van der Waals surface area contributed by atoms with Gasteiger partial charge in [-0.2, -0.15) is 5.26 Å². The Morgan fingerprint density at radius 2 is 2.10 bits per heavy atom. The molecule has 0 unspecified atom stereocenters. The lowest BCUT2D eigenvalue weighted by Crippen LogP contribution is -2.25. The summed E-state index contributed by atoms with van der Waals surface area (Å²) in [5, 5.41) is 8.49. The summed E-state index contributed by atoms with van der Waals surface area (Å²) in [5.41, 5.74) is 0.243. The molecule has 1 aliphatic heterocycles. The molecule has 1 fully saturated rings. The molecule has 0 atom stereocenters. The van der Waals surface area contributed by atoms with Crippen molar-refractivity contribution in [1.29, 1.82) is 5.26 Å². The third-order valence-corrected chi connectivity index (χ3v) is 2.21. The van der Waals surface area contributed by atoms with E-state index in [-0.39, 0.29) is 5.41 Å². The van der Waals surface area contributed by atoms with Crippen LogP contribution in [-0.4, -0.2) is 13.2 Å². The van der Waals surface area contributed by atoms with Gasteiger partial charge in [0.25, 0.3) is 0 Å². The number of rotatable bonds is 1. The Hall–Kier alpha value is -0.550. The van der Waals surface area contributed by atoms with Gasteiger partial charge in [-0.25, -0.2) is 0 Å². The van der Waals surface area contributed by atoms with Gasteiger partial charge < -0.3 is 4.74 Å². The van der Waals surface area contributed by atoms with Crippen LogP contribution < -0.4 is 0 Å². The largest absolute Gasteiger partial charge is 0.381 e. The SMILES string of the molecule is CC1(CC#N)CCOCC1. The van der Waals surface area contributed by atoms with Crippen molar-refractivity contribution in [2.24, 2.45) is 5.41 Å². The first-order chi connectivity index (χ1) is 4.77. The molecule has 1 aliphatic rings. The highest BCUT2D eigenvalue weighted by Gasteiger charge is 2.26. The minimum absolute atomic E-state index is 0.243. The van der Waals surface area contributed by atoms with Gasteiger partial charge in [-0.05, 0) is 18.3 Å². The molecular formula is C8H13NO. The van der Waals surface area contributed by atoms with Crippen LogP contribution in [0.4, 0.5) is 0 Å². The molecule has 1 saturated heterocycles. The first kappa shape index (κ1) is 7.56. The van der Waals surface area contributed by atoms with E-state index in [1.54, 1.807) is 0 Å². The molecule has 2 nitrogen and oxygen atoms in total. The van der Waals surface area contributed by atoms with Crippen molar-refractivity contribution >= 4 is 0 Å². The van der Waals surface area contributed by atoms with Gasteiger partial charge in [0.15, 0.2) is 0 Å². The zero-order chi connectivity index (χ0) is 7.45. The zero-order valence-corrected chi connectivity index (χ0v) is 6.39. The van der Waals surface area contributed by atoms with E-state index in [1.807, 2.05) is 0 Å². The first-order valence-corrected chi connectivity index (χ1v) is 3.72. The van der Waals surface area contributed by atoms with Gasteiger partial charge in [0.2, 0.25) is 0 Å². The first-order valence-electron chi connectivity index (χ1n) is 3.72. The van der Waals surface area contributed by atoms with Gasteiger partial charge in [-0.3, -0.25) is 0 Å². The Kier molecular flexibility index (Phi) is 2.29. The normalized spacial score (nSPS) is 23.6. The molecule has 10 heavy (non-hydrogen) atoms. The molecule has 1 rings (SSSR count). The molecule has 0 radical (unpaired) electrons. The number of ether oxygens (including phenoxy) is 1. The van der Waals surface area contributed by atoms with Crippen LogP contribution in [-0.2, 0) is 4.74 Å². The monoisotopic (exact) mass is 139 g/mol. The molecule has 0 amide bonds. The molecule has 0 saturated carbocycles. The van der Waals surface area contributed by atoms with Crippen LogP contribution >= 0.6 is 0 Å². The Labute approximate surface area is 61.8 Å². The summed E-state index contributed by atoms with van der Waals surface area (Å²) in [4.78, 5) is 0. The maximum absolute atomic E-state index is 8.49. The van der Waals surface area contributed by atoms with Crippen LogP contribution in [0.3, 0.4) is 0 Å². The lowest BCUT2D eigenvalue weighted by molar-refractivity contribution is 0.0261. The molecule has 1 heterocycles. The highest BCUT2D eigenvalue weighted by Crippen LogP contribution is 2.32. The van der Waals surface area contributed by atoms with Gasteiger partial charge >= 0.3 is 0 Å². The van der Waals surface area contributed by atoms with Crippen LogP contribution in [0.25, 0.3) is 0 Å². The second-order valence-electron chi connectivity index (χ2n) is 3.26. The molecule has 0 aromatic carbocycles. The maximum Gasteiger partial charge on any atom is 0.0627 e. The highest BCUT2D eigenvalue weighted by molar-refractivity contribution is 4.86. The van der Waals surface area contributed by atoms with Crippen molar-refractivity contribution in [1.82, 2.24) is 0 Å². The summed E-state index contributed by atoms with van der Waals surface area (Å²) in [6.07, 6.45) is 2.76. The van der Waals surface area contributed by atoms with E-state index in [0.29, 0.717) is 6.42 Å². The Bertz CT molecular complexity index is 142. The number of nitrogens with zero attached hydrogens (tertiary/aromatic N) is 1. The summed E-state index contributed by atoms with van der Waals surface area (Å²) in [7, 11) is 0. The van der Waals surface area contributed by atoms with Crippen LogP contribution in [0.1, 0.15) is 26.2 Å². The average Bonchev–Trinajstić information content (AvgIpc) is 1.89. The van der Waals surface area contributed by atoms with Gasteiger partial charge in [-0.15, -0.1) is 0 Å². The van der Waals surface area contributed by atoms with Crippen molar-refractivity contribution in [2.45, 2.75) is 26.2 Å². The maximum atomic E-state index is 8.49. The van der Waals surface area contributed by atoms with Gasteiger partial charge in [0.05, 0.1) is 6.07 Å². The van der Waals surface area contributed by atoms with Crippen molar-refractivity contribution in [3.05, 3.63) is 0 Å². The molecule has 56 valence electrons. The fourth-order valence-electron chi connectivity index (χ4n) is 1.23. The average molecular weight is 139 g/mol. The molecule has 0 aromatic rings. The smallest absolute Gasteiger partial charge is 0.0627 e.